The highest BCUT2D eigenvalue weighted by molar-refractivity contribution is 6.31. The molecule has 4 nitrogen and oxygen atoms in total. The van der Waals surface area contributed by atoms with Crippen LogP contribution in [-0.2, 0) is 9.53 Å². The van der Waals surface area contributed by atoms with Crippen molar-refractivity contribution in [3.63, 3.8) is 0 Å². The van der Waals surface area contributed by atoms with Crippen molar-refractivity contribution in [2.45, 2.75) is 0 Å². The van der Waals surface area contributed by atoms with Crippen LogP contribution < -0.4 is 0 Å². The van der Waals surface area contributed by atoms with Crippen LogP contribution >= 0.6 is 11.6 Å². The Balaban J connectivity index is 1.89. The van der Waals surface area contributed by atoms with E-state index < -0.39 is 5.97 Å². The van der Waals surface area contributed by atoms with Crippen LogP contribution in [-0.4, -0.2) is 17.7 Å². The Morgan fingerprint density at radius 2 is 1.86 bits per heavy atom. The third-order valence-corrected chi connectivity index (χ3v) is 3.25. The van der Waals surface area contributed by atoms with Crippen LogP contribution in [0.25, 0.3) is 0 Å². The van der Waals surface area contributed by atoms with Crippen LogP contribution in [0.5, 0.6) is 0 Å². The Hall–Kier alpha value is -2.72. The van der Waals surface area contributed by atoms with Crippen LogP contribution in [0.1, 0.15) is 15.9 Å². The number of benzene rings is 2. The molecule has 0 aliphatic carbocycles. The third-order valence-electron chi connectivity index (χ3n) is 3.02. The van der Waals surface area contributed by atoms with Crippen molar-refractivity contribution in [2.75, 3.05) is 0 Å². The van der Waals surface area contributed by atoms with Gasteiger partial charge in [-0.25, -0.2) is 9.79 Å². The van der Waals surface area contributed by atoms with Crippen LogP contribution in [0.4, 0.5) is 0 Å². The van der Waals surface area contributed by atoms with Crippen molar-refractivity contribution in [3.05, 3.63) is 82.5 Å². The lowest BCUT2D eigenvalue weighted by atomic mass is 10.1. The number of rotatable bonds is 3. The molecule has 0 unspecified atom stereocenters. The van der Waals surface area contributed by atoms with Crippen molar-refractivity contribution in [1.29, 1.82) is 0 Å². The van der Waals surface area contributed by atoms with Crippen LogP contribution in [0, 0.1) is 0 Å². The van der Waals surface area contributed by atoms with E-state index in [0.29, 0.717) is 16.1 Å². The van der Waals surface area contributed by atoms with E-state index in [2.05, 4.69) is 4.99 Å². The fraction of sp³-hybridized carbons (Fsp3) is 0. The summed E-state index contributed by atoms with van der Waals surface area (Å²) in [6.45, 7) is 0. The molecular formula is C17H10ClNO3. The molecule has 2 aromatic carbocycles. The normalized spacial score (nSPS) is 15.6. The van der Waals surface area contributed by atoms with Gasteiger partial charge in [0.05, 0.1) is 0 Å². The van der Waals surface area contributed by atoms with Gasteiger partial charge in [0.15, 0.2) is 11.5 Å². The first kappa shape index (κ1) is 14.2. The second-order valence-electron chi connectivity index (χ2n) is 4.58. The SMILES string of the molecule is O=C1OC(c2ccccc2)=N/C1=C/C(=O)c1cccc(Cl)c1. The molecule has 5 heteroatoms. The summed E-state index contributed by atoms with van der Waals surface area (Å²) in [5, 5.41) is 0.451. The van der Waals surface area contributed by atoms with Crippen molar-refractivity contribution >= 4 is 29.3 Å². The average Bonchev–Trinajstić information content (AvgIpc) is 2.89. The molecule has 1 aliphatic heterocycles. The number of allylic oxidation sites excluding steroid dienone is 1. The molecule has 0 radical (unpaired) electrons. The van der Waals surface area contributed by atoms with Crippen LogP contribution in [0.15, 0.2) is 71.4 Å². The molecule has 2 aromatic rings. The highest BCUT2D eigenvalue weighted by atomic mass is 35.5. The van der Waals surface area contributed by atoms with E-state index in [9.17, 15) is 9.59 Å². The van der Waals surface area contributed by atoms with Gasteiger partial charge in [-0.3, -0.25) is 4.79 Å². The molecule has 0 saturated heterocycles. The van der Waals surface area contributed by atoms with Crippen molar-refractivity contribution in [2.24, 2.45) is 4.99 Å². The molecule has 0 N–H and O–H groups in total. The number of aliphatic imine (C=N–C) groups is 1. The maximum absolute atomic E-state index is 12.1. The van der Waals surface area contributed by atoms with E-state index in [1.807, 2.05) is 18.2 Å². The van der Waals surface area contributed by atoms with Gasteiger partial charge < -0.3 is 4.74 Å². The molecule has 0 amide bonds. The van der Waals surface area contributed by atoms with Gasteiger partial charge in [0.2, 0.25) is 5.90 Å². The summed E-state index contributed by atoms with van der Waals surface area (Å²) >= 11 is 5.85. The summed E-state index contributed by atoms with van der Waals surface area (Å²) in [6, 6.07) is 15.5. The summed E-state index contributed by atoms with van der Waals surface area (Å²) in [6.07, 6.45) is 1.16. The Labute approximate surface area is 131 Å². The molecule has 0 fully saturated rings. The van der Waals surface area contributed by atoms with Crippen molar-refractivity contribution in [1.82, 2.24) is 0 Å². The van der Waals surface area contributed by atoms with E-state index in [0.717, 1.165) is 6.08 Å². The fourth-order valence-electron chi connectivity index (χ4n) is 1.96. The van der Waals surface area contributed by atoms with Gasteiger partial charge >= 0.3 is 5.97 Å². The van der Waals surface area contributed by atoms with E-state index in [1.54, 1.807) is 30.3 Å². The molecular weight excluding hydrogens is 302 g/mol. The third kappa shape index (κ3) is 2.97. The molecule has 0 spiro atoms. The molecule has 108 valence electrons. The fourth-order valence-corrected chi connectivity index (χ4v) is 2.15. The molecule has 0 aromatic heterocycles. The molecule has 22 heavy (non-hydrogen) atoms. The quantitative estimate of drug-likeness (QED) is 0.496. The number of carbonyl (C=O) groups excluding carboxylic acids is 2. The zero-order chi connectivity index (χ0) is 15.5. The second kappa shape index (κ2) is 5.95. The maximum Gasteiger partial charge on any atom is 0.363 e. The molecule has 1 heterocycles. The number of cyclic esters (lactones) is 1. The van der Waals surface area contributed by atoms with E-state index in [4.69, 9.17) is 16.3 Å². The molecule has 0 atom stereocenters. The lowest BCUT2D eigenvalue weighted by molar-refractivity contribution is -0.130. The van der Waals surface area contributed by atoms with Gasteiger partial charge in [-0.2, -0.15) is 0 Å². The van der Waals surface area contributed by atoms with Gasteiger partial charge in [0, 0.05) is 22.2 Å². The summed E-state index contributed by atoms with van der Waals surface area (Å²) < 4.78 is 5.08. The Morgan fingerprint density at radius 1 is 1.09 bits per heavy atom. The summed E-state index contributed by atoms with van der Waals surface area (Å²) in [5.74, 6) is -0.808. The van der Waals surface area contributed by atoms with Gasteiger partial charge in [0.25, 0.3) is 0 Å². The standard InChI is InChI=1S/C17H10ClNO3/c18-13-8-4-7-12(9-13)15(20)10-14-17(21)22-16(19-14)11-5-2-1-3-6-11/h1-10H/b14-10+. The predicted octanol–water partition coefficient (Wildman–Crippen LogP) is 3.41. The summed E-state index contributed by atoms with van der Waals surface area (Å²) in [7, 11) is 0. The van der Waals surface area contributed by atoms with Crippen LogP contribution in [0.3, 0.4) is 0 Å². The Bertz CT molecular complexity index is 810. The monoisotopic (exact) mass is 311 g/mol. The molecule has 3 rings (SSSR count). The lowest BCUT2D eigenvalue weighted by Gasteiger charge is -1.97. The van der Waals surface area contributed by atoms with Crippen molar-refractivity contribution < 1.29 is 14.3 Å². The zero-order valence-corrected chi connectivity index (χ0v) is 12.1. The minimum atomic E-state index is -0.644. The predicted molar refractivity (Wildman–Crippen MR) is 82.9 cm³/mol. The minimum Gasteiger partial charge on any atom is -0.402 e. The van der Waals surface area contributed by atoms with Crippen molar-refractivity contribution in [3.8, 4) is 0 Å². The maximum atomic E-state index is 12.1. The smallest absolute Gasteiger partial charge is 0.363 e. The molecule has 1 aliphatic rings. The average molecular weight is 312 g/mol. The first-order valence-electron chi connectivity index (χ1n) is 6.51. The van der Waals surface area contributed by atoms with Gasteiger partial charge in [-0.05, 0) is 24.3 Å². The highest BCUT2D eigenvalue weighted by Gasteiger charge is 2.25. The number of hydrogen-bond donors (Lipinski definition) is 0. The number of ether oxygens (including phenoxy) is 1. The number of hydrogen-bond acceptors (Lipinski definition) is 4. The molecule has 0 bridgehead atoms. The van der Waals surface area contributed by atoms with Crippen LogP contribution in [0.2, 0.25) is 5.02 Å². The number of carbonyl (C=O) groups is 2. The number of halogens is 1. The number of ketones is 1. The summed E-state index contributed by atoms with van der Waals surface area (Å²) in [5.41, 5.74) is 1.04. The second-order valence-corrected chi connectivity index (χ2v) is 5.01. The first-order valence-corrected chi connectivity index (χ1v) is 6.89. The largest absolute Gasteiger partial charge is 0.402 e. The number of esters is 1. The van der Waals surface area contributed by atoms with E-state index in [-0.39, 0.29) is 17.4 Å². The lowest BCUT2D eigenvalue weighted by Crippen LogP contribution is -2.05. The van der Waals surface area contributed by atoms with E-state index in [1.165, 1.54) is 6.07 Å². The first-order chi connectivity index (χ1) is 10.6. The Kier molecular flexibility index (Phi) is 3.85. The van der Waals surface area contributed by atoms with E-state index >= 15 is 0 Å². The Morgan fingerprint density at radius 3 is 2.59 bits per heavy atom. The molecule has 0 saturated carbocycles. The zero-order valence-electron chi connectivity index (χ0n) is 11.3. The van der Waals surface area contributed by atoms with Gasteiger partial charge in [-0.15, -0.1) is 0 Å². The van der Waals surface area contributed by atoms with Gasteiger partial charge in [-0.1, -0.05) is 41.9 Å². The summed E-state index contributed by atoms with van der Waals surface area (Å²) in [4.78, 5) is 28.0. The van der Waals surface area contributed by atoms with Gasteiger partial charge in [0.1, 0.15) is 0 Å². The number of nitrogens with zero attached hydrogens (tertiary/aromatic N) is 1. The highest BCUT2D eigenvalue weighted by Crippen LogP contribution is 2.18. The topological polar surface area (TPSA) is 55.7 Å². The minimum absolute atomic E-state index is 0.0242.